The summed E-state index contributed by atoms with van der Waals surface area (Å²) in [5.74, 6) is 1.50. The Hall–Kier alpha value is -0.950. The van der Waals surface area contributed by atoms with Gasteiger partial charge in [0.25, 0.3) is 0 Å². The monoisotopic (exact) mass is 319 g/mol. The van der Waals surface area contributed by atoms with Crippen LogP contribution in [-0.2, 0) is 14.3 Å². The number of amides is 1. The second-order valence-electron chi connectivity index (χ2n) is 4.90. The summed E-state index contributed by atoms with van der Waals surface area (Å²) in [6.45, 7) is 3.34. The van der Waals surface area contributed by atoms with E-state index < -0.39 is 0 Å². The van der Waals surface area contributed by atoms with Crippen LogP contribution in [0.15, 0.2) is 0 Å². The van der Waals surface area contributed by atoms with Crippen molar-refractivity contribution in [1.29, 1.82) is 0 Å². The van der Waals surface area contributed by atoms with Gasteiger partial charge < -0.3 is 14.6 Å². The third kappa shape index (κ3) is 7.04. The molecule has 0 radical (unpaired) electrons. The van der Waals surface area contributed by atoms with Crippen molar-refractivity contribution in [1.82, 2.24) is 4.90 Å². The van der Waals surface area contributed by atoms with Gasteiger partial charge in [0.1, 0.15) is 6.61 Å². The number of nitrogens with zero attached hydrogens (tertiary/aromatic N) is 1. The van der Waals surface area contributed by atoms with Crippen LogP contribution < -0.4 is 0 Å². The smallest absolute Gasteiger partial charge is 0.410 e. The lowest BCUT2D eigenvalue weighted by molar-refractivity contribution is -0.143. The van der Waals surface area contributed by atoms with E-state index in [1.54, 1.807) is 16.7 Å². The standard InChI is InChI=1S/C14H25NO5S/c1-2-3-7-19-13(17)5-4-8-21-9-6-15-12(10-16)11-20-14(15)18/h12,16H,2-11H2,1H3/t12-/m0/s1. The molecule has 1 N–H and O–H groups in total. The average Bonchev–Trinajstić information content (AvgIpc) is 2.83. The van der Waals surface area contributed by atoms with Crippen molar-refractivity contribution in [2.75, 3.05) is 37.9 Å². The second-order valence-corrected chi connectivity index (χ2v) is 6.12. The van der Waals surface area contributed by atoms with E-state index >= 15 is 0 Å². The Balaban J connectivity index is 1.99. The number of ether oxygens (including phenoxy) is 2. The molecule has 1 amide bonds. The maximum Gasteiger partial charge on any atom is 0.410 e. The fraction of sp³-hybridized carbons (Fsp3) is 0.857. The van der Waals surface area contributed by atoms with Crippen LogP contribution in [0.25, 0.3) is 0 Å². The topological polar surface area (TPSA) is 76.1 Å². The van der Waals surface area contributed by atoms with Crippen LogP contribution in [0, 0.1) is 0 Å². The van der Waals surface area contributed by atoms with E-state index in [2.05, 4.69) is 6.92 Å². The highest BCUT2D eigenvalue weighted by molar-refractivity contribution is 7.99. The highest BCUT2D eigenvalue weighted by Crippen LogP contribution is 2.14. The van der Waals surface area contributed by atoms with E-state index in [0.29, 0.717) is 19.6 Å². The molecule has 1 fully saturated rings. The molecular formula is C14H25NO5S. The van der Waals surface area contributed by atoms with Crippen LogP contribution >= 0.6 is 11.8 Å². The molecule has 1 saturated heterocycles. The normalized spacial score (nSPS) is 17.9. The zero-order chi connectivity index (χ0) is 15.5. The zero-order valence-corrected chi connectivity index (χ0v) is 13.4. The highest BCUT2D eigenvalue weighted by Gasteiger charge is 2.31. The van der Waals surface area contributed by atoms with Crippen molar-refractivity contribution in [2.24, 2.45) is 0 Å². The minimum Gasteiger partial charge on any atom is -0.466 e. The summed E-state index contributed by atoms with van der Waals surface area (Å²) in [6.07, 6.45) is 2.81. The van der Waals surface area contributed by atoms with Crippen LogP contribution in [0.1, 0.15) is 32.6 Å². The van der Waals surface area contributed by atoms with Crippen LogP contribution in [0.5, 0.6) is 0 Å². The Morgan fingerprint density at radius 3 is 3.00 bits per heavy atom. The molecule has 1 aliphatic heterocycles. The van der Waals surface area contributed by atoms with E-state index in [0.717, 1.165) is 30.8 Å². The molecule has 0 saturated carbocycles. The van der Waals surface area contributed by atoms with Crippen LogP contribution in [0.3, 0.4) is 0 Å². The molecule has 0 aliphatic carbocycles. The number of carbonyl (C=O) groups is 2. The minimum atomic E-state index is -0.353. The molecule has 1 heterocycles. The first-order valence-corrected chi connectivity index (χ1v) is 8.62. The fourth-order valence-corrected chi connectivity index (χ4v) is 2.78. The highest BCUT2D eigenvalue weighted by atomic mass is 32.2. The molecule has 0 aromatic heterocycles. The van der Waals surface area contributed by atoms with E-state index in [-0.39, 0.29) is 31.3 Å². The number of thioether (sulfide) groups is 1. The Labute approximate surface area is 130 Å². The first kappa shape index (κ1) is 18.1. The lowest BCUT2D eigenvalue weighted by Gasteiger charge is -2.18. The minimum absolute atomic E-state index is 0.0694. The lowest BCUT2D eigenvalue weighted by Crippen LogP contribution is -2.37. The predicted octanol–water partition coefficient (Wildman–Crippen LogP) is 1.66. The van der Waals surface area contributed by atoms with Crippen LogP contribution in [0.2, 0.25) is 0 Å². The summed E-state index contributed by atoms with van der Waals surface area (Å²) < 4.78 is 9.95. The van der Waals surface area contributed by atoms with Gasteiger partial charge in [-0.15, -0.1) is 0 Å². The summed E-state index contributed by atoms with van der Waals surface area (Å²) in [7, 11) is 0. The summed E-state index contributed by atoms with van der Waals surface area (Å²) in [4.78, 5) is 24.3. The summed E-state index contributed by atoms with van der Waals surface area (Å²) >= 11 is 1.69. The number of carbonyl (C=O) groups excluding carboxylic acids is 2. The zero-order valence-electron chi connectivity index (χ0n) is 12.6. The van der Waals surface area contributed by atoms with Crippen molar-refractivity contribution in [2.45, 2.75) is 38.6 Å². The number of rotatable bonds is 11. The fourth-order valence-electron chi connectivity index (χ4n) is 1.90. The average molecular weight is 319 g/mol. The molecular weight excluding hydrogens is 294 g/mol. The maximum atomic E-state index is 11.4. The number of aliphatic hydroxyl groups is 1. The first-order valence-electron chi connectivity index (χ1n) is 7.46. The van der Waals surface area contributed by atoms with Crippen molar-refractivity contribution in [3.05, 3.63) is 0 Å². The van der Waals surface area contributed by atoms with Gasteiger partial charge in [0.05, 0.1) is 19.3 Å². The van der Waals surface area contributed by atoms with Gasteiger partial charge in [-0.2, -0.15) is 11.8 Å². The second kappa shape index (κ2) is 10.7. The van der Waals surface area contributed by atoms with E-state index in [9.17, 15) is 9.59 Å². The van der Waals surface area contributed by atoms with Crippen molar-refractivity contribution < 1.29 is 24.2 Å². The van der Waals surface area contributed by atoms with Gasteiger partial charge in [0.15, 0.2) is 0 Å². The molecule has 21 heavy (non-hydrogen) atoms. The van der Waals surface area contributed by atoms with Gasteiger partial charge in [-0.05, 0) is 18.6 Å². The maximum absolute atomic E-state index is 11.4. The SMILES string of the molecule is CCCCOC(=O)CCCSCCN1C(=O)OC[C@@H]1CO. The van der Waals surface area contributed by atoms with Gasteiger partial charge in [-0.1, -0.05) is 13.3 Å². The van der Waals surface area contributed by atoms with Gasteiger partial charge in [0.2, 0.25) is 0 Å². The number of esters is 1. The van der Waals surface area contributed by atoms with Crippen molar-refractivity contribution in [3.63, 3.8) is 0 Å². The molecule has 7 heteroatoms. The molecule has 0 unspecified atom stereocenters. The van der Waals surface area contributed by atoms with Gasteiger partial charge in [-0.3, -0.25) is 9.69 Å². The molecule has 1 aliphatic rings. The Kier molecular flexibility index (Phi) is 9.25. The molecule has 0 spiro atoms. The summed E-state index contributed by atoms with van der Waals surface area (Å²) in [5.41, 5.74) is 0. The lowest BCUT2D eigenvalue weighted by atomic mass is 10.3. The van der Waals surface area contributed by atoms with Gasteiger partial charge >= 0.3 is 12.1 Å². The van der Waals surface area contributed by atoms with E-state index in [1.807, 2.05) is 0 Å². The van der Waals surface area contributed by atoms with Gasteiger partial charge in [0, 0.05) is 18.7 Å². The number of hydrogen-bond acceptors (Lipinski definition) is 6. The predicted molar refractivity (Wildman–Crippen MR) is 81.4 cm³/mol. The first-order chi connectivity index (χ1) is 10.2. The Morgan fingerprint density at radius 1 is 1.48 bits per heavy atom. The number of hydrogen-bond donors (Lipinski definition) is 1. The van der Waals surface area contributed by atoms with Crippen molar-refractivity contribution >= 4 is 23.8 Å². The molecule has 6 nitrogen and oxygen atoms in total. The van der Waals surface area contributed by atoms with Gasteiger partial charge in [-0.25, -0.2) is 4.79 Å². The van der Waals surface area contributed by atoms with Crippen molar-refractivity contribution in [3.8, 4) is 0 Å². The Morgan fingerprint density at radius 2 is 2.29 bits per heavy atom. The van der Waals surface area contributed by atoms with Crippen LogP contribution in [-0.4, -0.2) is 66.0 Å². The number of aliphatic hydroxyl groups excluding tert-OH is 1. The van der Waals surface area contributed by atoms with Crippen LogP contribution in [0.4, 0.5) is 4.79 Å². The Bertz CT molecular complexity index is 326. The number of cyclic esters (lactones) is 1. The molecule has 122 valence electrons. The quantitative estimate of drug-likeness (QED) is 0.461. The molecule has 1 atom stereocenters. The summed E-state index contributed by atoms with van der Waals surface area (Å²) in [6, 6.07) is -0.216. The summed E-state index contributed by atoms with van der Waals surface area (Å²) in [5, 5.41) is 9.11. The number of unbranched alkanes of at least 4 members (excludes halogenated alkanes) is 1. The van der Waals surface area contributed by atoms with E-state index in [1.165, 1.54) is 0 Å². The molecule has 0 aromatic rings. The third-order valence-corrected chi connectivity index (χ3v) is 4.24. The molecule has 0 aromatic carbocycles. The molecule has 0 bridgehead atoms. The van der Waals surface area contributed by atoms with E-state index in [4.69, 9.17) is 14.6 Å². The third-order valence-electron chi connectivity index (χ3n) is 3.19. The largest absolute Gasteiger partial charge is 0.466 e. The molecule has 1 rings (SSSR count).